The van der Waals surface area contributed by atoms with Crippen LogP contribution >= 0.6 is 0 Å². The van der Waals surface area contributed by atoms with E-state index in [0.717, 1.165) is 0 Å². The first-order chi connectivity index (χ1) is 8.26. The molecule has 0 rings (SSSR count). The number of nitrogens with one attached hydrogen (secondary N) is 1. The molecule has 0 fully saturated rings. The van der Waals surface area contributed by atoms with E-state index in [9.17, 15) is 18.3 Å². The van der Waals surface area contributed by atoms with Crippen LogP contribution < -0.4 is 61.2 Å². The molecule has 10 heteroatoms. The van der Waals surface area contributed by atoms with Crippen LogP contribution in [0.15, 0.2) is 0 Å². The number of carboxylic acid groups (broad SMARTS) is 1. The number of carbonyl (C=O) groups is 1. The quantitative estimate of drug-likeness (QED) is 0.208. The fourth-order valence-electron chi connectivity index (χ4n) is 1.17. The van der Waals surface area contributed by atoms with E-state index < -0.39 is 34.6 Å². The van der Waals surface area contributed by atoms with E-state index in [1.165, 1.54) is 0 Å². The van der Waals surface area contributed by atoms with E-state index in [2.05, 4.69) is 9.61 Å². The molecule has 0 saturated heterocycles. The van der Waals surface area contributed by atoms with Crippen molar-refractivity contribution in [1.82, 2.24) is 4.72 Å². The molecular formula is C9H18KNO7S. The summed E-state index contributed by atoms with van der Waals surface area (Å²) in [5.74, 6) is -1.64. The summed E-state index contributed by atoms with van der Waals surface area (Å²) in [6.45, 7) is 1.21. The van der Waals surface area contributed by atoms with E-state index in [-0.39, 0.29) is 70.1 Å². The first kappa shape index (κ1) is 22.2. The molecule has 108 valence electrons. The summed E-state index contributed by atoms with van der Waals surface area (Å²) < 4.78 is 24.9. The third-order valence-corrected chi connectivity index (χ3v) is 3.58. The van der Waals surface area contributed by atoms with Gasteiger partial charge in [0.2, 0.25) is 10.0 Å². The van der Waals surface area contributed by atoms with Crippen molar-refractivity contribution in [2.24, 2.45) is 0 Å². The fourth-order valence-corrected chi connectivity index (χ4v) is 2.31. The number of aliphatic hydroxyl groups excluding tert-OH is 1. The Labute approximate surface area is 154 Å². The van der Waals surface area contributed by atoms with Gasteiger partial charge in [-0.3, -0.25) is 5.26 Å². The third-order valence-electron chi connectivity index (χ3n) is 2.14. The number of aliphatic hydroxyl groups is 1. The van der Waals surface area contributed by atoms with Crippen molar-refractivity contribution >= 4 is 16.0 Å². The van der Waals surface area contributed by atoms with Crippen LogP contribution in [-0.2, 0) is 19.7 Å². The first-order valence-electron chi connectivity index (χ1n) is 5.42. The van der Waals surface area contributed by atoms with Crippen LogP contribution in [0.2, 0.25) is 0 Å². The molecule has 0 aliphatic heterocycles. The normalized spacial score (nSPS) is 14.5. The van der Waals surface area contributed by atoms with Crippen LogP contribution in [0.25, 0.3) is 0 Å². The summed E-state index contributed by atoms with van der Waals surface area (Å²) in [6.07, 6.45) is -1.77. The van der Waals surface area contributed by atoms with Crippen molar-refractivity contribution < 1.29 is 85.0 Å². The smallest absolute Gasteiger partial charge is 0.550 e. The van der Waals surface area contributed by atoms with Gasteiger partial charge in [-0.2, -0.15) is 0 Å². The van der Waals surface area contributed by atoms with Gasteiger partial charge in [0.05, 0.1) is 18.0 Å². The second-order valence-electron chi connectivity index (χ2n) is 3.96. The van der Waals surface area contributed by atoms with Gasteiger partial charge in [-0.15, -0.1) is 0 Å². The molecule has 0 aliphatic carbocycles. The van der Waals surface area contributed by atoms with Crippen molar-refractivity contribution in [3.63, 3.8) is 0 Å². The summed E-state index contributed by atoms with van der Waals surface area (Å²) in [5, 5.41) is 27.5. The minimum absolute atomic E-state index is 0. The summed E-state index contributed by atoms with van der Waals surface area (Å²) in [5.41, 5.74) is 0. The van der Waals surface area contributed by atoms with Crippen LogP contribution in [0.1, 0.15) is 26.2 Å². The van der Waals surface area contributed by atoms with Gasteiger partial charge in [-0.25, -0.2) is 18.0 Å². The molecule has 8 nitrogen and oxygen atoms in total. The molecule has 2 atom stereocenters. The number of carbonyl (C=O) groups excluding carboxylic acids is 1. The first-order valence-corrected chi connectivity index (χ1v) is 7.07. The van der Waals surface area contributed by atoms with Crippen LogP contribution in [0.3, 0.4) is 0 Å². The molecule has 0 saturated carbocycles. The van der Waals surface area contributed by atoms with Crippen LogP contribution in [0.5, 0.6) is 0 Å². The van der Waals surface area contributed by atoms with Crippen molar-refractivity contribution in [3.05, 3.63) is 0 Å². The average Bonchev–Trinajstić information content (AvgIpc) is 2.25. The second kappa shape index (κ2) is 11.5. The molecule has 3 N–H and O–H groups in total. The SMILES string of the molecule is CC(CCCS(=O)(=O)NCC(O)CC(=O)[O-])OO.[K+]. The van der Waals surface area contributed by atoms with Gasteiger partial charge < -0.3 is 15.0 Å². The summed E-state index contributed by atoms with van der Waals surface area (Å²) in [7, 11) is -3.58. The largest absolute Gasteiger partial charge is 1.00 e. The van der Waals surface area contributed by atoms with Gasteiger partial charge in [0, 0.05) is 18.9 Å². The van der Waals surface area contributed by atoms with Crippen molar-refractivity contribution in [2.75, 3.05) is 12.3 Å². The topological polar surface area (TPSA) is 136 Å². The van der Waals surface area contributed by atoms with Gasteiger partial charge >= 0.3 is 51.4 Å². The maximum absolute atomic E-state index is 11.4. The average molecular weight is 323 g/mol. The number of carboxylic acids is 1. The Balaban J connectivity index is 0. The van der Waals surface area contributed by atoms with E-state index in [4.69, 9.17) is 10.4 Å². The summed E-state index contributed by atoms with van der Waals surface area (Å²) in [6, 6.07) is 0. The minimum atomic E-state index is -3.58. The Kier molecular flexibility index (Phi) is 13.5. The van der Waals surface area contributed by atoms with Crippen molar-refractivity contribution in [2.45, 2.75) is 38.4 Å². The molecule has 0 heterocycles. The molecule has 0 spiro atoms. The number of rotatable bonds is 10. The van der Waals surface area contributed by atoms with Crippen LogP contribution in [0.4, 0.5) is 0 Å². The van der Waals surface area contributed by atoms with Crippen LogP contribution in [0, 0.1) is 0 Å². The molecule has 0 aromatic rings. The minimum Gasteiger partial charge on any atom is -0.550 e. The van der Waals surface area contributed by atoms with Gasteiger partial charge in [-0.1, -0.05) is 0 Å². The zero-order valence-corrected chi connectivity index (χ0v) is 15.0. The molecular weight excluding hydrogens is 305 g/mol. The standard InChI is InChI=1S/C9H19NO7S.K/c1-7(17-14)3-2-4-18(15,16)10-6-8(11)5-9(12)13;/h7-8,10-11,14H,2-6H2,1H3,(H,12,13);/q;+1/p-1. The van der Waals surface area contributed by atoms with Gasteiger partial charge in [0.25, 0.3) is 0 Å². The number of sulfonamides is 1. The number of hydrogen-bond acceptors (Lipinski definition) is 7. The van der Waals surface area contributed by atoms with E-state index in [0.29, 0.717) is 6.42 Å². The third kappa shape index (κ3) is 13.6. The molecule has 0 bridgehead atoms. The van der Waals surface area contributed by atoms with Crippen molar-refractivity contribution in [3.8, 4) is 0 Å². The maximum atomic E-state index is 11.4. The predicted molar refractivity (Wildman–Crippen MR) is 59.8 cm³/mol. The Morgan fingerprint density at radius 1 is 1.47 bits per heavy atom. The Hall–Kier alpha value is 0.896. The molecule has 0 aliphatic rings. The monoisotopic (exact) mass is 323 g/mol. The van der Waals surface area contributed by atoms with Gasteiger partial charge in [-0.05, 0) is 19.8 Å². The van der Waals surface area contributed by atoms with E-state index in [1.54, 1.807) is 6.92 Å². The molecule has 0 radical (unpaired) electrons. The zero-order chi connectivity index (χ0) is 14.2. The van der Waals surface area contributed by atoms with Gasteiger partial charge in [0.15, 0.2) is 0 Å². The molecule has 2 unspecified atom stereocenters. The zero-order valence-electron chi connectivity index (χ0n) is 11.0. The number of aliphatic carboxylic acids is 1. The van der Waals surface area contributed by atoms with E-state index in [1.807, 2.05) is 0 Å². The predicted octanol–water partition coefficient (Wildman–Crippen LogP) is -4.93. The Bertz CT molecular complexity index is 348. The van der Waals surface area contributed by atoms with Crippen LogP contribution in [-0.4, -0.2) is 49.3 Å². The van der Waals surface area contributed by atoms with E-state index >= 15 is 0 Å². The van der Waals surface area contributed by atoms with Crippen molar-refractivity contribution in [1.29, 1.82) is 0 Å². The molecule has 19 heavy (non-hydrogen) atoms. The summed E-state index contributed by atoms with van der Waals surface area (Å²) in [4.78, 5) is 14.1. The second-order valence-corrected chi connectivity index (χ2v) is 5.88. The molecule has 0 amide bonds. The summed E-state index contributed by atoms with van der Waals surface area (Å²) >= 11 is 0. The Morgan fingerprint density at radius 2 is 2.05 bits per heavy atom. The maximum Gasteiger partial charge on any atom is 1.00 e. The molecule has 0 aromatic carbocycles. The Morgan fingerprint density at radius 3 is 2.53 bits per heavy atom. The van der Waals surface area contributed by atoms with Gasteiger partial charge in [0.1, 0.15) is 0 Å². The molecule has 0 aromatic heterocycles. The fraction of sp³-hybridized carbons (Fsp3) is 0.889. The number of hydrogen-bond donors (Lipinski definition) is 3.